The summed E-state index contributed by atoms with van der Waals surface area (Å²) >= 11 is 0. The molecular weight excluding hydrogens is 423 g/mol. The molecule has 0 aliphatic heterocycles. The number of carbonyl (C=O) groups excluding carboxylic acids is 1. The summed E-state index contributed by atoms with van der Waals surface area (Å²) in [6.07, 6.45) is 0. The van der Waals surface area contributed by atoms with Crippen LogP contribution in [0.5, 0.6) is 11.5 Å². The van der Waals surface area contributed by atoms with Crippen molar-refractivity contribution < 1.29 is 28.1 Å². The number of ether oxygens (including phenoxy) is 4. The van der Waals surface area contributed by atoms with Crippen molar-refractivity contribution in [3.05, 3.63) is 83.7 Å². The van der Waals surface area contributed by atoms with Gasteiger partial charge in [0.1, 0.15) is 17.3 Å². The molecule has 0 fully saturated rings. The van der Waals surface area contributed by atoms with E-state index in [9.17, 15) is 4.79 Å². The zero-order valence-electron chi connectivity index (χ0n) is 19.2. The fraction of sp³-hybridized carbons (Fsp3) is 0.222. The van der Waals surface area contributed by atoms with E-state index in [0.29, 0.717) is 29.0 Å². The summed E-state index contributed by atoms with van der Waals surface area (Å²) in [6, 6.07) is 15.9. The van der Waals surface area contributed by atoms with Gasteiger partial charge in [-0.15, -0.1) is 0 Å². The summed E-state index contributed by atoms with van der Waals surface area (Å²) in [5, 5.41) is 0. The highest BCUT2D eigenvalue weighted by Crippen LogP contribution is 2.33. The smallest absolute Gasteiger partial charge is 0.338 e. The summed E-state index contributed by atoms with van der Waals surface area (Å²) < 4.78 is 36.4. The van der Waals surface area contributed by atoms with Crippen molar-refractivity contribution in [2.24, 2.45) is 0 Å². The molecule has 0 unspecified atom stereocenters. The fourth-order valence-corrected chi connectivity index (χ4v) is 3.46. The summed E-state index contributed by atoms with van der Waals surface area (Å²) in [6.45, 7) is 5.77. The van der Waals surface area contributed by atoms with E-state index >= 15 is 4.39 Å². The first-order valence-corrected chi connectivity index (χ1v) is 10.3. The van der Waals surface area contributed by atoms with Crippen molar-refractivity contribution in [1.82, 2.24) is 0 Å². The SMILES string of the molecule is C=C(C)C(=O)Oc1ccc(-c2ccc(-c3ccc(OC)c(COC)c3)cc2F)cc1COC. The Labute approximate surface area is 193 Å². The molecule has 0 atom stereocenters. The van der Waals surface area contributed by atoms with Gasteiger partial charge in [-0.3, -0.25) is 0 Å². The molecule has 3 aromatic rings. The van der Waals surface area contributed by atoms with E-state index in [0.717, 1.165) is 22.4 Å². The van der Waals surface area contributed by atoms with Crippen LogP contribution in [0.25, 0.3) is 22.3 Å². The van der Waals surface area contributed by atoms with Crippen LogP contribution in [0, 0.1) is 5.82 Å². The van der Waals surface area contributed by atoms with Gasteiger partial charge in [0, 0.05) is 36.5 Å². The zero-order chi connectivity index (χ0) is 24.0. The molecule has 0 aliphatic carbocycles. The van der Waals surface area contributed by atoms with Gasteiger partial charge in [0.2, 0.25) is 0 Å². The number of rotatable bonds is 9. The van der Waals surface area contributed by atoms with Gasteiger partial charge >= 0.3 is 5.97 Å². The van der Waals surface area contributed by atoms with E-state index in [1.54, 1.807) is 52.5 Å². The number of benzene rings is 3. The average molecular weight is 451 g/mol. The molecule has 5 nitrogen and oxygen atoms in total. The lowest BCUT2D eigenvalue weighted by Crippen LogP contribution is -2.10. The summed E-state index contributed by atoms with van der Waals surface area (Å²) in [7, 11) is 4.76. The van der Waals surface area contributed by atoms with Gasteiger partial charge < -0.3 is 18.9 Å². The first kappa shape index (κ1) is 24.2. The predicted octanol–water partition coefficient (Wildman–Crippen LogP) is 5.94. The van der Waals surface area contributed by atoms with Crippen molar-refractivity contribution in [3.8, 4) is 33.8 Å². The second-order valence-electron chi connectivity index (χ2n) is 7.58. The Morgan fingerprint density at radius 3 is 1.97 bits per heavy atom. The molecule has 0 aromatic heterocycles. The minimum atomic E-state index is -0.525. The Hall–Kier alpha value is -3.48. The number of methoxy groups -OCH3 is 3. The fourth-order valence-electron chi connectivity index (χ4n) is 3.46. The van der Waals surface area contributed by atoms with Gasteiger partial charge in [-0.2, -0.15) is 0 Å². The van der Waals surface area contributed by atoms with Gasteiger partial charge in [-0.05, 0) is 53.9 Å². The van der Waals surface area contributed by atoms with Crippen molar-refractivity contribution in [3.63, 3.8) is 0 Å². The molecule has 0 spiro atoms. The average Bonchev–Trinajstić information content (AvgIpc) is 2.80. The Morgan fingerprint density at radius 2 is 1.36 bits per heavy atom. The Balaban J connectivity index is 1.95. The van der Waals surface area contributed by atoms with Crippen LogP contribution in [0.2, 0.25) is 0 Å². The van der Waals surface area contributed by atoms with Gasteiger partial charge in [0.05, 0.1) is 20.3 Å². The molecule has 0 radical (unpaired) electrons. The number of hydrogen-bond acceptors (Lipinski definition) is 5. The number of esters is 1. The zero-order valence-corrected chi connectivity index (χ0v) is 19.2. The third-order valence-corrected chi connectivity index (χ3v) is 5.11. The molecule has 3 aromatic carbocycles. The van der Waals surface area contributed by atoms with Crippen LogP contribution >= 0.6 is 0 Å². The van der Waals surface area contributed by atoms with Gasteiger partial charge in [0.15, 0.2) is 0 Å². The third kappa shape index (κ3) is 5.66. The van der Waals surface area contributed by atoms with Crippen molar-refractivity contribution in [2.75, 3.05) is 21.3 Å². The number of carbonyl (C=O) groups is 1. The maximum atomic E-state index is 15.2. The predicted molar refractivity (Wildman–Crippen MR) is 126 cm³/mol. The minimum Gasteiger partial charge on any atom is -0.496 e. The molecule has 0 aliphatic rings. The molecule has 3 rings (SSSR count). The maximum Gasteiger partial charge on any atom is 0.338 e. The molecule has 0 bridgehead atoms. The van der Waals surface area contributed by atoms with Crippen LogP contribution in [0.3, 0.4) is 0 Å². The van der Waals surface area contributed by atoms with Crippen LogP contribution in [-0.2, 0) is 27.5 Å². The Kier molecular flexibility index (Phi) is 7.98. The maximum absolute atomic E-state index is 15.2. The lowest BCUT2D eigenvalue weighted by molar-refractivity contribution is -0.130. The lowest BCUT2D eigenvalue weighted by Gasteiger charge is -2.13. The van der Waals surface area contributed by atoms with Crippen molar-refractivity contribution in [2.45, 2.75) is 20.1 Å². The van der Waals surface area contributed by atoms with Crippen molar-refractivity contribution in [1.29, 1.82) is 0 Å². The van der Waals surface area contributed by atoms with Crippen LogP contribution < -0.4 is 9.47 Å². The molecule has 6 heteroatoms. The first-order valence-electron chi connectivity index (χ1n) is 10.3. The molecular formula is C27H27FO5. The first-order chi connectivity index (χ1) is 15.9. The van der Waals surface area contributed by atoms with E-state index in [4.69, 9.17) is 18.9 Å². The third-order valence-electron chi connectivity index (χ3n) is 5.11. The monoisotopic (exact) mass is 450 g/mol. The van der Waals surface area contributed by atoms with Crippen LogP contribution in [0.1, 0.15) is 18.1 Å². The van der Waals surface area contributed by atoms with Crippen LogP contribution in [0.15, 0.2) is 66.7 Å². The van der Waals surface area contributed by atoms with E-state index in [1.807, 2.05) is 24.3 Å². The number of hydrogen-bond donors (Lipinski definition) is 0. The quantitative estimate of drug-likeness (QED) is 0.229. The summed E-state index contributed by atoms with van der Waals surface area (Å²) in [4.78, 5) is 11.9. The lowest BCUT2D eigenvalue weighted by atomic mass is 9.97. The molecule has 0 amide bonds. The highest BCUT2D eigenvalue weighted by Gasteiger charge is 2.14. The van der Waals surface area contributed by atoms with E-state index in [1.165, 1.54) is 6.07 Å². The standard InChI is InChI=1S/C27H27FO5/c1-17(2)27(29)33-26-11-8-20(13-22(26)16-31-4)23-9-6-19(14-24(23)28)18-7-10-25(32-5)21(12-18)15-30-3/h6-14H,1,15-16H2,2-5H3. The molecule has 0 heterocycles. The minimum absolute atomic E-state index is 0.209. The molecule has 0 saturated heterocycles. The highest BCUT2D eigenvalue weighted by molar-refractivity contribution is 5.89. The molecule has 172 valence electrons. The summed E-state index contributed by atoms with van der Waals surface area (Å²) in [5.74, 6) is 0.181. The summed E-state index contributed by atoms with van der Waals surface area (Å²) in [5.41, 5.74) is 4.47. The second kappa shape index (κ2) is 10.9. The van der Waals surface area contributed by atoms with E-state index in [-0.39, 0.29) is 18.0 Å². The molecule has 0 saturated carbocycles. The second-order valence-corrected chi connectivity index (χ2v) is 7.58. The molecule has 0 N–H and O–H groups in total. The normalized spacial score (nSPS) is 10.7. The largest absolute Gasteiger partial charge is 0.496 e. The van der Waals surface area contributed by atoms with Gasteiger partial charge in [-0.25, -0.2) is 9.18 Å². The highest BCUT2D eigenvalue weighted by atomic mass is 19.1. The van der Waals surface area contributed by atoms with Crippen molar-refractivity contribution >= 4 is 5.97 Å². The van der Waals surface area contributed by atoms with Crippen LogP contribution in [0.4, 0.5) is 4.39 Å². The molecule has 33 heavy (non-hydrogen) atoms. The number of halogens is 1. The Bertz CT molecular complexity index is 1170. The van der Waals surface area contributed by atoms with Crippen LogP contribution in [-0.4, -0.2) is 27.3 Å². The van der Waals surface area contributed by atoms with Gasteiger partial charge in [0.25, 0.3) is 0 Å². The van der Waals surface area contributed by atoms with E-state index < -0.39 is 5.97 Å². The topological polar surface area (TPSA) is 54.0 Å². The van der Waals surface area contributed by atoms with E-state index in [2.05, 4.69) is 6.58 Å². The van der Waals surface area contributed by atoms with Gasteiger partial charge in [-0.1, -0.05) is 30.8 Å². The Morgan fingerprint density at radius 1 is 0.818 bits per heavy atom.